The zero-order chi connectivity index (χ0) is 14.0. The van der Waals surface area contributed by atoms with Gasteiger partial charge in [-0.25, -0.2) is 9.78 Å². The first-order chi connectivity index (χ1) is 8.89. The molecule has 1 aliphatic carbocycles. The molecule has 1 aromatic rings. The second-order valence-electron chi connectivity index (χ2n) is 5.64. The van der Waals surface area contributed by atoms with Crippen LogP contribution in [-0.4, -0.2) is 16.7 Å². The van der Waals surface area contributed by atoms with Gasteiger partial charge in [-0.05, 0) is 45.7 Å². The van der Waals surface area contributed by atoms with Gasteiger partial charge in [-0.2, -0.15) is 5.26 Å². The van der Waals surface area contributed by atoms with Crippen LogP contribution in [0.25, 0.3) is 0 Å². The molecule has 5 heteroatoms. The first-order valence-corrected chi connectivity index (χ1v) is 6.30. The largest absolute Gasteiger partial charge is 0.444 e. The molecule has 0 atom stereocenters. The molecule has 19 heavy (non-hydrogen) atoms. The molecule has 2 rings (SSSR count). The van der Waals surface area contributed by atoms with E-state index in [1.54, 1.807) is 32.9 Å². The summed E-state index contributed by atoms with van der Waals surface area (Å²) in [7, 11) is 0. The summed E-state index contributed by atoms with van der Waals surface area (Å²) in [4.78, 5) is 16.0. The Labute approximate surface area is 112 Å². The van der Waals surface area contributed by atoms with Crippen LogP contribution in [0.3, 0.4) is 0 Å². The molecule has 1 aromatic heterocycles. The minimum Gasteiger partial charge on any atom is -0.444 e. The number of hydrogen-bond acceptors (Lipinski definition) is 4. The normalized spacial score (nSPS) is 14.6. The van der Waals surface area contributed by atoms with Gasteiger partial charge in [0, 0.05) is 5.92 Å². The van der Waals surface area contributed by atoms with Crippen LogP contribution in [0.1, 0.15) is 50.8 Å². The Kier molecular flexibility index (Phi) is 3.43. The lowest BCUT2D eigenvalue weighted by Crippen LogP contribution is -2.27. The monoisotopic (exact) mass is 259 g/mol. The van der Waals surface area contributed by atoms with Crippen molar-refractivity contribution in [1.29, 1.82) is 5.26 Å². The number of carbonyl (C=O) groups is 1. The van der Waals surface area contributed by atoms with Crippen molar-refractivity contribution in [2.24, 2.45) is 0 Å². The van der Waals surface area contributed by atoms with Crippen LogP contribution in [-0.2, 0) is 4.74 Å². The molecule has 0 saturated heterocycles. The maximum Gasteiger partial charge on any atom is 0.413 e. The van der Waals surface area contributed by atoms with Crippen LogP contribution in [0.5, 0.6) is 0 Å². The van der Waals surface area contributed by atoms with E-state index in [0.29, 0.717) is 17.3 Å². The van der Waals surface area contributed by atoms with Gasteiger partial charge in [-0.3, -0.25) is 5.32 Å². The van der Waals surface area contributed by atoms with E-state index < -0.39 is 11.7 Å². The standard InChI is InChI=1S/C14H17N3O2/c1-14(2,3)19-13(18)17-11-7-6-10(8-15)12(16-11)9-4-5-9/h6-7,9H,4-5H2,1-3H3,(H,16,17,18). The van der Waals surface area contributed by atoms with Gasteiger partial charge in [0.05, 0.1) is 11.3 Å². The van der Waals surface area contributed by atoms with E-state index in [4.69, 9.17) is 10.00 Å². The Hall–Kier alpha value is -2.09. The maximum atomic E-state index is 11.6. The number of nitrogens with zero attached hydrogens (tertiary/aromatic N) is 2. The molecule has 1 saturated carbocycles. The summed E-state index contributed by atoms with van der Waals surface area (Å²) in [6.07, 6.45) is 1.57. The van der Waals surface area contributed by atoms with Crippen LogP contribution in [0.2, 0.25) is 0 Å². The minimum absolute atomic E-state index is 0.357. The van der Waals surface area contributed by atoms with Crippen molar-refractivity contribution in [2.45, 2.75) is 45.1 Å². The summed E-state index contributed by atoms with van der Waals surface area (Å²) in [5, 5.41) is 11.6. The summed E-state index contributed by atoms with van der Waals surface area (Å²) >= 11 is 0. The van der Waals surface area contributed by atoms with Crippen molar-refractivity contribution in [2.75, 3.05) is 5.32 Å². The highest BCUT2D eigenvalue weighted by Crippen LogP contribution is 2.40. The van der Waals surface area contributed by atoms with E-state index in [0.717, 1.165) is 18.5 Å². The summed E-state index contributed by atoms with van der Waals surface area (Å²) < 4.78 is 5.16. The van der Waals surface area contributed by atoms with Crippen molar-refractivity contribution in [1.82, 2.24) is 4.98 Å². The lowest BCUT2D eigenvalue weighted by molar-refractivity contribution is 0.0635. The van der Waals surface area contributed by atoms with Crippen LogP contribution in [0, 0.1) is 11.3 Å². The first-order valence-electron chi connectivity index (χ1n) is 6.30. The molecule has 5 nitrogen and oxygen atoms in total. The Morgan fingerprint density at radius 3 is 2.68 bits per heavy atom. The number of amides is 1. The smallest absolute Gasteiger partial charge is 0.413 e. The van der Waals surface area contributed by atoms with Gasteiger partial charge in [-0.1, -0.05) is 0 Å². The molecule has 1 aliphatic rings. The number of rotatable bonds is 2. The van der Waals surface area contributed by atoms with Crippen LogP contribution < -0.4 is 5.32 Å². The summed E-state index contributed by atoms with van der Waals surface area (Å²) in [6.45, 7) is 5.40. The Balaban J connectivity index is 2.11. The summed E-state index contributed by atoms with van der Waals surface area (Å²) in [5.74, 6) is 0.783. The Bertz CT molecular complexity index is 537. The molecule has 0 aromatic carbocycles. The van der Waals surface area contributed by atoms with Crippen molar-refractivity contribution in [3.63, 3.8) is 0 Å². The molecule has 0 radical (unpaired) electrons. The highest BCUT2D eigenvalue weighted by Gasteiger charge is 2.28. The van der Waals surface area contributed by atoms with E-state index >= 15 is 0 Å². The third-order valence-electron chi connectivity index (χ3n) is 2.64. The second kappa shape index (κ2) is 4.88. The average Bonchev–Trinajstić information content (AvgIpc) is 3.09. The number of anilines is 1. The van der Waals surface area contributed by atoms with Crippen LogP contribution in [0.15, 0.2) is 12.1 Å². The number of aromatic nitrogens is 1. The number of hydrogen-bond donors (Lipinski definition) is 1. The highest BCUT2D eigenvalue weighted by atomic mass is 16.6. The predicted molar refractivity (Wildman–Crippen MR) is 70.8 cm³/mol. The van der Waals surface area contributed by atoms with Gasteiger partial charge >= 0.3 is 6.09 Å². The fraction of sp³-hybridized carbons (Fsp3) is 0.500. The van der Waals surface area contributed by atoms with Crippen LogP contribution >= 0.6 is 0 Å². The van der Waals surface area contributed by atoms with Gasteiger partial charge < -0.3 is 4.74 Å². The van der Waals surface area contributed by atoms with Crippen LogP contribution in [0.4, 0.5) is 10.6 Å². The molecule has 1 amide bonds. The van der Waals surface area contributed by atoms with Crippen molar-refractivity contribution >= 4 is 11.9 Å². The third-order valence-corrected chi connectivity index (χ3v) is 2.64. The average molecular weight is 259 g/mol. The fourth-order valence-electron chi connectivity index (χ4n) is 1.72. The molecular formula is C14H17N3O2. The van der Waals surface area contributed by atoms with Gasteiger partial charge in [0.2, 0.25) is 0 Å². The molecule has 1 fully saturated rings. The molecule has 1 heterocycles. The quantitative estimate of drug-likeness (QED) is 0.885. The lowest BCUT2D eigenvalue weighted by Gasteiger charge is -2.19. The van der Waals surface area contributed by atoms with E-state index in [2.05, 4.69) is 16.4 Å². The van der Waals surface area contributed by atoms with Gasteiger partial charge in [0.25, 0.3) is 0 Å². The number of nitrogens with one attached hydrogen (secondary N) is 1. The topological polar surface area (TPSA) is 75.0 Å². The second-order valence-corrected chi connectivity index (χ2v) is 5.64. The van der Waals surface area contributed by atoms with E-state index in [1.165, 1.54) is 0 Å². The van der Waals surface area contributed by atoms with E-state index in [1.807, 2.05) is 0 Å². The first kappa shape index (κ1) is 13.3. The third kappa shape index (κ3) is 3.68. The van der Waals surface area contributed by atoms with Crippen molar-refractivity contribution < 1.29 is 9.53 Å². The van der Waals surface area contributed by atoms with Gasteiger partial charge in [-0.15, -0.1) is 0 Å². The molecule has 0 spiro atoms. The Morgan fingerprint density at radius 1 is 1.47 bits per heavy atom. The van der Waals surface area contributed by atoms with E-state index in [9.17, 15) is 4.79 Å². The van der Waals surface area contributed by atoms with Gasteiger partial charge in [0.1, 0.15) is 17.5 Å². The molecule has 100 valence electrons. The minimum atomic E-state index is -0.546. The zero-order valence-corrected chi connectivity index (χ0v) is 11.4. The fourth-order valence-corrected chi connectivity index (χ4v) is 1.72. The molecule has 0 unspecified atom stereocenters. The number of pyridine rings is 1. The van der Waals surface area contributed by atoms with Crippen molar-refractivity contribution in [3.05, 3.63) is 23.4 Å². The lowest BCUT2D eigenvalue weighted by atomic mass is 10.1. The molecule has 0 aliphatic heterocycles. The number of ether oxygens (including phenoxy) is 1. The molecule has 1 N–H and O–H groups in total. The van der Waals surface area contributed by atoms with E-state index in [-0.39, 0.29) is 0 Å². The molecule has 0 bridgehead atoms. The number of nitriles is 1. The maximum absolute atomic E-state index is 11.6. The summed E-state index contributed by atoms with van der Waals surface area (Å²) in [5.41, 5.74) is 0.809. The van der Waals surface area contributed by atoms with Gasteiger partial charge in [0.15, 0.2) is 0 Å². The highest BCUT2D eigenvalue weighted by molar-refractivity contribution is 5.83. The molecular weight excluding hydrogens is 242 g/mol. The number of carbonyl (C=O) groups excluding carboxylic acids is 1. The van der Waals surface area contributed by atoms with Crippen molar-refractivity contribution in [3.8, 4) is 6.07 Å². The Morgan fingerprint density at radius 2 is 2.16 bits per heavy atom. The zero-order valence-electron chi connectivity index (χ0n) is 11.4. The SMILES string of the molecule is CC(C)(C)OC(=O)Nc1ccc(C#N)c(C2CC2)n1. The predicted octanol–water partition coefficient (Wildman–Crippen LogP) is 3.18. The summed E-state index contributed by atoms with van der Waals surface area (Å²) in [6, 6.07) is 5.44.